The van der Waals surface area contributed by atoms with Gasteiger partial charge in [0.05, 0.1) is 11.0 Å². The monoisotopic (exact) mass is 626 g/mol. The highest BCUT2D eigenvalue weighted by Gasteiger charge is 2.12. The van der Waals surface area contributed by atoms with E-state index < -0.39 is 0 Å². The summed E-state index contributed by atoms with van der Waals surface area (Å²) in [4.78, 5) is 6.17. The topological polar surface area (TPSA) is 43.6 Å². The summed E-state index contributed by atoms with van der Waals surface area (Å²) in [7, 11) is 0. The van der Waals surface area contributed by atoms with E-state index in [9.17, 15) is 0 Å². The molecule has 0 aliphatic carbocycles. The van der Waals surface area contributed by atoms with E-state index in [1.54, 1.807) is 6.20 Å². The Bertz CT molecular complexity index is 749. The van der Waals surface area contributed by atoms with Gasteiger partial charge in [0, 0.05) is 6.20 Å². The molecule has 2 heterocycles. The number of rotatable bonds is 23. The van der Waals surface area contributed by atoms with E-state index in [-0.39, 0.29) is 0 Å². The van der Waals surface area contributed by atoms with Crippen molar-refractivity contribution >= 4 is 42.9 Å². The molecule has 0 radical (unpaired) electrons. The van der Waals surface area contributed by atoms with Gasteiger partial charge in [-0.3, -0.25) is 0 Å². The van der Waals surface area contributed by atoms with Crippen LogP contribution < -0.4 is 0 Å². The van der Waals surface area contributed by atoms with Gasteiger partial charge in [-0.1, -0.05) is 142 Å². The van der Waals surface area contributed by atoms with Crippen molar-refractivity contribution in [3.63, 3.8) is 0 Å². The first kappa shape index (κ1) is 31.7. The molecule has 6 heteroatoms. The number of halogens is 2. The van der Waals surface area contributed by atoms with Crippen molar-refractivity contribution in [2.75, 3.05) is 0 Å². The van der Waals surface area contributed by atoms with Crippen molar-refractivity contribution in [1.82, 2.24) is 20.0 Å². The van der Waals surface area contributed by atoms with Crippen LogP contribution in [0.2, 0.25) is 0 Å². The molecule has 206 valence electrons. The van der Waals surface area contributed by atoms with E-state index in [0.717, 1.165) is 39.0 Å². The fourth-order valence-electron chi connectivity index (χ4n) is 5.24. The summed E-state index contributed by atoms with van der Waals surface area (Å²) >= 11 is 7.05. The molecule has 0 spiro atoms. The molecule has 0 aliphatic heterocycles. The van der Waals surface area contributed by atoms with Gasteiger partial charge in [0.15, 0.2) is 0 Å². The summed E-state index contributed by atoms with van der Waals surface area (Å²) in [5, 5.41) is 9.32. The van der Waals surface area contributed by atoms with Gasteiger partial charge in [0.25, 0.3) is 0 Å². The van der Waals surface area contributed by atoms with Gasteiger partial charge < -0.3 is 0 Å². The van der Waals surface area contributed by atoms with Crippen LogP contribution in [0.15, 0.2) is 15.3 Å². The number of aryl methyl sites for hydroxylation is 1. The Hall–Kier alpha value is -0.490. The molecule has 2 rings (SSSR count). The Morgan fingerprint density at radius 3 is 1.56 bits per heavy atom. The van der Waals surface area contributed by atoms with Gasteiger partial charge in [0.1, 0.15) is 15.6 Å². The molecule has 0 atom stereocenters. The SMILES string of the molecule is CCCCCCCCCCC(CCCCCCCCCC)CCCCn1nc2c(Br)cnc(Br)c2n1. The number of pyridine rings is 1. The summed E-state index contributed by atoms with van der Waals surface area (Å²) in [6, 6.07) is 0. The van der Waals surface area contributed by atoms with Crippen molar-refractivity contribution in [1.29, 1.82) is 0 Å². The number of hydrogen-bond acceptors (Lipinski definition) is 3. The molecule has 2 aromatic rings. The third-order valence-electron chi connectivity index (χ3n) is 7.52. The first-order chi connectivity index (χ1) is 17.7. The Kier molecular flexibility index (Phi) is 18.0. The minimum absolute atomic E-state index is 0.766. The van der Waals surface area contributed by atoms with Crippen molar-refractivity contribution in [3.8, 4) is 0 Å². The number of fused-ring (bicyclic) bond motifs is 1. The number of unbranched alkanes of at least 4 members (excludes halogenated alkanes) is 15. The predicted molar refractivity (Wildman–Crippen MR) is 163 cm³/mol. The van der Waals surface area contributed by atoms with Crippen LogP contribution in [-0.2, 0) is 6.54 Å². The molecule has 2 aromatic heterocycles. The second-order valence-electron chi connectivity index (χ2n) is 10.8. The summed E-state index contributed by atoms with van der Waals surface area (Å²) in [6.45, 7) is 5.49. The van der Waals surface area contributed by atoms with Crippen molar-refractivity contribution in [2.24, 2.45) is 5.92 Å². The van der Waals surface area contributed by atoms with Crippen LogP contribution in [-0.4, -0.2) is 20.0 Å². The quantitative estimate of drug-likeness (QED) is 0.0909. The normalized spacial score (nSPS) is 11.8. The Morgan fingerprint density at radius 2 is 1.06 bits per heavy atom. The Morgan fingerprint density at radius 1 is 0.611 bits per heavy atom. The average Bonchev–Trinajstić information content (AvgIpc) is 3.32. The second-order valence-corrected chi connectivity index (χ2v) is 12.4. The molecule has 4 nitrogen and oxygen atoms in total. The summed E-state index contributed by atoms with van der Waals surface area (Å²) < 4.78 is 1.67. The average molecular weight is 629 g/mol. The standard InChI is InChI=1S/C30H52Br2N4/c1-3-5-7-9-11-13-15-17-21-26(22-18-16-14-12-10-8-6-4-2)23-19-20-24-36-34-28-27(31)25-33-30(32)29(28)35-36/h25-26H,3-24H2,1-2H3. The van der Waals surface area contributed by atoms with E-state index >= 15 is 0 Å². The first-order valence-corrected chi connectivity index (χ1v) is 16.8. The number of hydrogen-bond donors (Lipinski definition) is 0. The lowest BCUT2D eigenvalue weighted by molar-refractivity contribution is 0.359. The van der Waals surface area contributed by atoms with Gasteiger partial charge in [0.2, 0.25) is 0 Å². The third kappa shape index (κ3) is 13.3. The summed E-state index contributed by atoms with van der Waals surface area (Å²) in [6.07, 6.45) is 31.2. The molecular weight excluding hydrogens is 576 g/mol. The van der Waals surface area contributed by atoms with Crippen LogP contribution in [0.3, 0.4) is 0 Å². The lowest BCUT2D eigenvalue weighted by Crippen LogP contribution is -2.05. The first-order valence-electron chi connectivity index (χ1n) is 15.2. The van der Waals surface area contributed by atoms with Crippen molar-refractivity contribution in [3.05, 3.63) is 15.3 Å². The van der Waals surface area contributed by atoms with Crippen molar-refractivity contribution in [2.45, 2.75) is 155 Å². The maximum Gasteiger partial charge on any atom is 0.147 e. The number of nitrogens with zero attached hydrogens (tertiary/aromatic N) is 4. The zero-order valence-electron chi connectivity index (χ0n) is 23.3. The lowest BCUT2D eigenvalue weighted by Gasteiger charge is -2.17. The molecule has 0 N–H and O–H groups in total. The molecule has 0 amide bonds. The highest BCUT2D eigenvalue weighted by Crippen LogP contribution is 2.26. The third-order valence-corrected chi connectivity index (χ3v) is 8.68. The zero-order chi connectivity index (χ0) is 25.8. The van der Waals surface area contributed by atoms with Crippen LogP contribution in [0, 0.1) is 5.92 Å². The number of aromatic nitrogens is 4. The highest BCUT2D eigenvalue weighted by atomic mass is 79.9. The summed E-state index contributed by atoms with van der Waals surface area (Å²) in [5.74, 6) is 0.905. The van der Waals surface area contributed by atoms with Gasteiger partial charge in [-0.15, -0.1) is 0 Å². The van der Waals surface area contributed by atoms with Gasteiger partial charge in [-0.25, -0.2) is 4.98 Å². The Labute approximate surface area is 238 Å². The smallest absolute Gasteiger partial charge is 0.147 e. The van der Waals surface area contributed by atoms with Crippen LogP contribution in [0.4, 0.5) is 0 Å². The molecule has 0 aliphatic rings. The molecular formula is C30H52Br2N4. The van der Waals surface area contributed by atoms with Gasteiger partial charge in [-0.2, -0.15) is 15.0 Å². The fourth-order valence-corrected chi connectivity index (χ4v) is 5.98. The molecule has 0 fully saturated rings. The van der Waals surface area contributed by atoms with Crippen LogP contribution in [0.1, 0.15) is 149 Å². The van der Waals surface area contributed by atoms with Gasteiger partial charge >= 0.3 is 0 Å². The van der Waals surface area contributed by atoms with Crippen LogP contribution in [0.5, 0.6) is 0 Å². The van der Waals surface area contributed by atoms with Crippen LogP contribution in [0.25, 0.3) is 11.0 Å². The van der Waals surface area contributed by atoms with Crippen molar-refractivity contribution < 1.29 is 0 Å². The van der Waals surface area contributed by atoms with Crippen LogP contribution >= 0.6 is 31.9 Å². The molecule has 36 heavy (non-hydrogen) atoms. The Balaban J connectivity index is 1.68. The van der Waals surface area contributed by atoms with Gasteiger partial charge in [-0.05, 0) is 44.2 Å². The van der Waals surface area contributed by atoms with E-state index in [2.05, 4.69) is 60.9 Å². The largest absolute Gasteiger partial charge is 0.246 e. The molecule has 0 aromatic carbocycles. The minimum Gasteiger partial charge on any atom is -0.246 e. The molecule has 0 unspecified atom stereocenters. The summed E-state index contributed by atoms with van der Waals surface area (Å²) in [5.41, 5.74) is 1.73. The highest BCUT2D eigenvalue weighted by molar-refractivity contribution is 9.11. The lowest BCUT2D eigenvalue weighted by atomic mass is 9.90. The minimum atomic E-state index is 0.766. The maximum absolute atomic E-state index is 4.67. The molecule has 0 bridgehead atoms. The molecule has 0 saturated carbocycles. The fraction of sp³-hybridized carbons (Fsp3) is 0.833. The van der Waals surface area contributed by atoms with E-state index in [1.165, 1.54) is 128 Å². The van der Waals surface area contributed by atoms with E-state index in [1.807, 2.05) is 4.80 Å². The predicted octanol–water partition coefficient (Wildman–Crippen LogP) is 11.2. The molecule has 0 saturated heterocycles. The maximum atomic E-state index is 4.67. The van der Waals surface area contributed by atoms with E-state index in [0.29, 0.717) is 0 Å². The zero-order valence-corrected chi connectivity index (χ0v) is 26.4. The second kappa shape index (κ2) is 20.5. The van der Waals surface area contributed by atoms with E-state index in [4.69, 9.17) is 0 Å².